The third kappa shape index (κ3) is 3.76. The quantitative estimate of drug-likeness (QED) is 0.844. The highest BCUT2D eigenvalue weighted by Gasteiger charge is 2.22. The highest BCUT2D eigenvalue weighted by atomic mass is 32.2. The Labute approximate surface area is 118 Å². The number of aryl methyl sites for hydroxylation is 1. The van der Waals surface area contributed by atoms with Gasteiger partial charge in [-0.3, -0.25) is 4.55 Å². The first-order valence-corrected chi connectivity index (χ1v) is 7.45. The first kappa shape index (κ1) is 10.8. The summed E-state index contributed by atoms with van der Waals surface area (Å²) in [7, 11) is -4.32. The largest absolute Gasteiger partial charge is 0.375 e. The molecular weight excluding hydrogens is 266 g/mol. The number of hydrogen-bond acceptors (Lipinski definition) is 4. The summed E-state index contributed by atoms with van der Waals surface area (Å²) >= 11 is 0. The lowest BCUT2D eigenvalue weighted by Crippen LogP contribution is -2.41. The highest BCUT2D eigenvalue weighted by molar-refractivity contribution is 7.85. The standard InChI is InChI=1S/C13H19NO4S/c1-10-3-4-13(19(15,16)17)11(7-10)8-12-9-14(2)5-6-18-12/h3-4,7,12H,5-6,8-9H2,1-2H3,(H,15,16,17)/i2D3. The minimum atomic E-state index is -4.32. The molecule has 1 atom stereocenters. The van der Waals surface area contributed by atoms with Gasteiger partial charge in [0, 0.05) is 23.6 Å². The van der Waals surface area contributed by atoms with Crippen molar-refractivity contribution >= 4 is 10.1 Å². The van der Waals surface area contributed by atoms with Gasteiger partial charge >= 0.3 is 0 Å². The van der Waals surface area contributed by atoms with Crippen molar-refractivity contribution in [1.82, 2.24) is 4.90 Å². The number of ether oxygens (including phenoxy) is 1. The van der Waals surface area contributed by atoms with Crippen LogP contribution in [-0.4, -0.2) is 50.6 Å². The van der Waals surface area contributed by atoms with Crippen LogP contribution in [0.5, 0.6) is 0 Å². The molecule has 106 valence electrons. The average Bonchev–Trinajstić information content (AvgIpc) is 2.36. The molecule has 19 heavy (non-hydrogen) atoms. The lowest BCUT2D eigenvalue weighted by molar-refractivity contribution is -0.0188. The van der Waals surface area contributed by atoms with Crippen LogP contribution in [0.4, 0.5) is 0 Å². The van der Waals surface area contributed by atoms with Crippen LogP contribution >= 0.6 is 0 Å². The van der Waals surface area contributed by atoms with Gasteiger partial charge in [0.05, 0.1) is 17.6 Å². The normalized spacial score (nSPS) is 24.5. The molecule has 0 spiro atoms. The van der Waals surface area contributed by atoms with Crippen LogP contribution in [0.3, 0.4) is 0 Å². The van der Waals surface area contributed by atoms with Crippen molar-refractivity contribution in [2.45, 2.75) is 24.3 Å². The monoisotopic (exact) mass is 288 g/mol. The Balaban J connectivity index is 2.22. The van der Waals surface area contributed by atoms with E-state index in [9.17, 15) is 13.0 Å². The number of benzene rings is 1. The molecule has 1 aromatic carbocycles. The number of hydrogen-bond donors (Lipinski definition) is 1. The molecule has 1 N–H and O–H groups in total. The van der Waals surface area contributed by atoms with E-state index in [-0.39, 0.29) is 24.5 Å². The van der Waals surface area contributed by atoms with E-state index in [1.165, 1.54) is 11.0 Å². The van der Waals surface area contributed by atoms with Gasteiger partial charge in [0.1, 0.15) is 0 Å². The molecule has 2 rings (SSSR count). The van der Waals surface area contributed by atoms with Crippen molar-refractivity contribution in [2.75, 3.05) is 26.7 Å². The second-order valence-electron chi connectivity index (χ2n) is 4.73. The summed E-state index contributed by atoms with van der Waals surface area (Å²) in [6.07, 6.45) is -0.208. The van der Waals surface area contributed by atoms with E-state index in [1.54, 1.807) is 12.1 Å². The summed E-state index contributed by atoms with van der Waals surface area (Å²) < 4.78 is 60.1. The summed E-state index contributed by atoms with van der Waals surface area (Å²) in [6.45, 7) is 0.395. The van der Waals surface area contributed by atoms with Gasteiger partial charge < -0.3 is 9.64 Å². The molecule has 0 bridgehead atoms. The molecule has 0 radical (unpaired) electrons. The Bertz CT molecular complexity index is 645. The summed E-state index contributed by atoms with van der Waals surface area (Å²) in [5, 5.41) is 0. The summed E-state index contributed by atoms with van der Waals surface area (Å²) in [4.78, 5) is 1.18. The van der Waals surface area contributed by atoms with E-state index in [2.05, 4.69) is 0 Å². The van der Waals surface area contributed by atoms with Crippen LogP contribution < -0.4 is 0 Å². The zero-order valence-electron chi connectivity index (χ0n) is 13.7. The van der Waals surface area contributed by atoms with Gasteiger partial charge in [0.15, 0.2) is 0 Å². The number of likely N-dealkylation sites (N-methyl/N-ethyl adjacent to an activating group) is 1. The van der Waals surface area contributed by atoms with Gasteiger partial charge in [-0.05, 0) is 25.5 Å². The molecule has 0 aromatic heterocycles. The van der Waals surface area contributed by atoms with Crippen molar-refractivity contribution in [2.24, 2.45) is 0 Å². The Hall–Kier alpha value is -0.950. The zero-order valence-corrected chi connectivity index (χ0v) is 11.5. The molecule has 0 aliphatic carbocycles. The van der Waals surface area contributed by atoms with Gasteiger partial charge in [-0.1, -0.05) is 17.7 Å². The minimum Gasteiger partial charge on any atom is -0.375 e. The second kappa shape index (κ2) is 5.58. The Kier molecular flexibility index (Phi) is 3.17. The minimum absolute atomic E-state index is 0.160. The third-order valence-corrected chi connectivity index (χ3v) is 4.03. The van der Waals surface area contributed by atoms with E-state index in [4.69, 9.17) is 8.85 Å². The molecule has 1 aliphatic rings. The SMILES string of the molecule is [2H]C([2H])([2H])N1CCOC(Cc2cc(C)ccc2S(=O)(=O)O)C1. The Morgan fingerprint density at radius 1 is 1.58 bits per heavy atom. The lowest BCUT2D eigenvalue weighted by atomic mass is 10.0. The summed E-state index contributed by atoms with van der Waals surface area (Å²) in [5.41, 5.74) is 1.28. The van der Waals surface area contributed by atoms with Gasteiger partial charge in [0.2, 0.25) is 0 Å². The average molecular weight is 288 g/mol. The molecule has 1 aliphatic heterocycles. The van der Waals surface area contributed by atoms with Gasteiger partial charge in [-0.25, -0.2) is 0 Å². The first-order valence-electron chi connectivity index (χ1n) is 7.51. The van der Waals surface area contributed by atoms with Crippen molar-refractivity contribution in [3.63, 3.8) is 0 Å². The van der Waals surface area contributed by atoms with Crippen LogP contribution in [0, 0.1) is 6.92 Å². The maximum absolute atomic E-state index is 11.4. The van der Waals surface area contributed by atoms with Crippen LogP contribution in [0.15, 0.2) is 23.1 Å². The predicted molar refractivity (Wildman–Crippen MR) is 71.9 cm³/mol. The van der Waals surface area contributed by atoms with E-state index in [0.29, 0.717) is 12.1 Å². The molecule has 1 saturated heterocycles. The van der Waals surface area contributed by atoms with E-state index < -0.39 is 23.2 Å². The van der Waals surface area contributed by atoms with E-state index >= 15 is 0 Å². The fraction of sp³-hybridized carbons (Fsp3) is 0.538. The lowest BCUT2D eigenvalue weighted by Gasteiger charge is -2.30. The molecule has 1 aromatic rings. The smallest absolute Gasteiger partial charge is 0.294 e. The maximum atomic E-state index is 11.4. The van der Waals surface area contributed by atoms with Crippen molar-refractivity contribution < 1.29 is 21.8 Å². The number of morpholine rings is 1. The van der Waals surface area contributed by atoms with E-state index in [1.807, 2.05) is 6.92 Å². The Morgan fingerprint density at radius 3 is 3.05 bits per heavy atom. The molecule has 0 amide bonds. The van der Waals surface area contributed by atoms with Gasteiger partial charge in [0.25, 0.3) is 10.1 Å². The summed E-state index contributed by atoms with van der Waals surface area (Å²) in [6, 6.07) is 4.62. The molecule has 1 fully saturated rings. The van der Waals surface area contributed by atoms with Crippen LogP contribution in [0.2, 0.25) is 0 Å². The Morgan fingerprint density at radius 2 is 2.37 bits per heavy atom. The number of nitrogens with zero attached hydrogens (tertiary/aromatic N) is 1. The predicted octanol–water partition coefficient (Wildman–Crippen LogP) is 1.11. The topological polar surface area (TPSA) is 66.8 Å². The highest BCUT2D eigenvalue weighted by Crippen LogP contribution is 2.20. The zero-order chi connectivity index (χ0) is 16.5. The maximum Gasteiger partial charge on any atom is 0.294 e. The molecular formula is C13H19NO4S. The second-order valence-corrected chi connectivity index (χ2v) is 6.12. The fourth-order valence-corrected chi connectivity index (χ4v) is 2.92. The van der Waals surface area contributed by atoms with Crippen molar-refractivity contribution in [3.8, 4) is 0 Å². The fourth-order valence-electron chi connectivity index (χ4n) is 2.21. The summed E-state index contributed by atoms with van der Waals surface area (Å²) in [5.74, 6) is 0. The molecule has 5 nitrogen and oxygen atoms in total. The molecule has 1 heterocycles. The third-order valence-electron chi connectivity index (χ3n) is 3.08. The first-order chi connectivity index (χ1) is 10.1. The molecule has 1 unspecified atom stereocenters. The van der Waals surface area contributed by atoms with Gasteiger partial charge in [-0.15, -0.1) is 0 Å². The van der Waals surface area contributed by atoms with Crippen LogP contribution in [-0.2, 0) is 21.3 Å². The van der Waals surface area contributed by atoms with Crippen molar-refractivity contribution in [1.29, 1.82) is 0 Å². The van der Waals surface area contributed by atoms with Gasteiger partial charge in [-0.2, -0.15) is 8.42 Å². The van der Waals surface area contributed by atoms with Crippen molar-refractivity contribution in [3.05, 3.63) is 29.3 Å². The van der Waals surface area contributed by atoms with E-state index in [0.717, 1.165) is 5.56 Å². The molecule has 0 saturated carbocycles. The van der Waals surface area contributed by atoms with Crippen LogP contribution in [0.25, 0.3) is 0 Å². The molecule has 6 heteroatoms. The number of rotatable bonds is 3. The van der Waals surface area contributed by atoms with Crippen LogP contribution in [0.1, 0.15) is 15.2 Å².